The van der Waals surface area contributed by atoms with Gasteiger partial charge in [-0.3, -0.25) is 4.79 Å². The Balaban J connectivity index is 4.39. The van der Waals surface area contributed by atoms with E-state index in [1.165, 1.54) is 7.05 Å². The normalized spacial score (nSPS) is 13.0. The number of nitrogens with one attached hydrogen (secondary N) is 1. The van der Waals surface area contributed by atoms with E-state index in [4.69, 9.17) is 0 Å². The van der Waals surface area contributed by atoms with E-state index < -0.39 is 16.4 Å². The lowest BCUT2D eigenvalue weighted by atomic mass is 10.4. The molecule has 0 bridgehead atoms. The third-order valence-corrected chi connectivity index (χ3v) is 1.33. The maximum atomic E-state index is 11.6. The highest BCUT2D eigenvalue weighted by atomic mass is 79.9. The predicted octanol–water partition coefficient (Wildman–Crippen LogP) is 1.57. The summed E-state index contributed by atoms with van der Waals surface area (Å²) in [4.78, 5) is 10.3. The molecule has 0 aromatic rings. The standard InChI is InChI=1S/C5H5BrF3NO/c1-10-2-3(6)4(11)5(7,8)9/h2,10H,1H3/b3-2-. The van der Waals surface area contributed by atoms with Crippen molar-refractivity contribution < 1.29 is 18.0 Å². The molecule has 11 heavy (non-hydrogen) atoms. The highest BCUT2D eigenvalue weighted by Crippen LogP contribution is 2.22. The van der Waals surface area contributed by atoms with Gasteiger partial charge in [-0.25, -0.2) is 0 Å². The van der Waals surface area contributed by atoms with E-state index >= 15 is 0 Å². The quantitative estimate of drug-likeness (QED) is 0.732. The number of allylic oxidation sites excluding steroid dienone is 1. The van der Waals surface area contributed by atoms with Gasteiger partial charge in [-0.1, -0.05) is 0 Å². The van der Waals surface area contributed by atoms with Crippen LogP contribution in [0.3, 0.4) is 0 Å². The second kappa shape index (κ2) is 3.75. The van der Waals surface area contributed by atoms with Gasteiger partial charge in [0, 0.05) is 13.2 Å². The van der Waals surface area contributed by atoms with Gasteiger partial charge in [0.25, 0.3) is 5.78 Å². The Morgan fingerprint density at radius 2 is 2.00 bits per heavy atom. The van der Waals surface area contributed by atoms with Crippen molar-refractivity contribution in [2.45, 2.75) is 6.18 Å². The van der Waals surface area contributed by atoms with E-state index in [0.29, 0.717) is 0 Å². The molecular formula is C5H5BrF3NO. The molecule has 0 aromatic heterocycles. The number of carbonyl (C=O) groups excluding carboxylic acids is 1. The summed E-state index contributed by atoms with van der Waals surface area (Å²) >= 11 is 2.47. The molecule has 0 aliphatic heterocycles. The number of alkyl halides is 3. The fourth-order valence-corrected chi connectivity index (χ4v) is 0.781. The number of rotatable bonds is 2. The van der Waals surface area contributed by atoms with Gasteiger partial charge in [-0.15, -0.1) is 0 Å². The molecule has 0 saturated heterocycles. The summed E-state index contributed by atoms with van der Waals surface area (Å²) in [7, 11) is 1.39. The fourth-order valence-electron chi connectivity index (χ4n) is 0.328. The molecule has 2 nitrogen and oxygen atoms in total. The minimum atomic E-state index is -4.81. The topological polar surface area (TPSA) is 29.1 Å². The van der Waals surface area contributed by atoms with Crippen LogP contribution in [0.1, 0.15) is 0 Å². The summed E-state index contributed by atoms with van der Waals surface area (Å²) in [5.74, 6) is -1.90. The van der Waals surface area contributed by atoms with E-state index in [1.54, 1.807) is 0 Å². The zero-order valence-corrected chi connectivity index (χ0v) is 7.08. The molecule has 0 spiro atoms. The summed E-state index contributed by atoms with van der Waals surface area (Å²) in [5, 5.41) is 2.29. The van der Waals surface area contributed by atoms with Crippen LogP contribution in [-0.2, 0) is 4.79 Å². The first-order valence-corrected chi connectivity index (χ1v) is 3.33. The van der Waals surface area contributed by atoms with Crippen LogP contribution >= 0.6 is 15.9 Å². The lowest BCUT2D eigenvalue weighted by molar-refractivity contribution is -0.165. The molecule has 0 unspecified atom stereocenters. The number of ketones is 1. The molecule has 64 valence electrons. The maximum absolute atomic E-state index is 11.6. The van der Waals surface area contributed by atoms with Crippen molar-refractivity contribution in [3.63, 3.8) is 0 Å². The van der Waals surface area contributed by atoms with Crippen molar-refractivity contribution in [3.8, 4) is 0 Å². The molecule has 0 amide bonds. The first kappa shape index (κ1) is 10.5. The smallest absolute Gasteiger partial charge is 0.393 e. The molecule has 0 heterocycles. The average molecular weight is 232 g/mol. The summed E-state index contributed by atoms with van der Waals surface area (Å²) in [6.45, 7) is 0. The Hall–Kier alpha value is -0.520. The minimum absolute atomic E-state index is 0.535. The lowest BCUT2D eigenvalue weighted by Gasteiger charge is -2.02. The van der Waals surface area contributed by atoms with E-state index in [0.717, 1.165) is 6.20 Å². The van der Waals surface area contributed by atoms with Crippen molar-refractivity contribution in [1.82, 2.24) is 5.32 Å². The molecule has 0 rings (SSSR count). The molecule has 0 aromatic carbocycles. The molecule has 0 aliphatic rings. The zero-order valence-electron chi connectivity index (χ0n) is 5.50. The predicted molar refractivity (Wildman–Crippen MR) is 37.1 cm³/mol. The summed E-state index contributed by atoms with van der Waals surface area (Å²) in [6, 6.07) is 0. The van der Waals surface area contributed by atoms with Crippen LogP contribution in [0.4, 0.5) is 13.2 Å². The van der Waals surface area contributed by atoms with E-state index in [2.05, 4.69) is 21.2 Å². The number of hydrogen-bond acceptors (Lipinski definition) is 2. The highest BCUT2D eigenvalue weighted by Gasteiger charge is 2.39. The Kier molecular flexibility index (Phi) is 3.57. The lowest BCUT2D eigenvalue weighted by Crippen LogP contribution is -2.23. The van der Waals surface area contributed by atoms with E-state index in [1.807, 2.05) is 0 Å². The first-order valence-electron chi connectivity index (χ1n) is 2.54. The van der Waals surface area contributed by atoms with Crippen molar-refractivity contribution in [3.05, 3.63) is 10.7 Å². The maximum Gasteiger partial charge on any atom is 0.455 e. The Morgan fingerprint density at radius 3 is 2.27 bits per heavy atom. The monoisotopic (exact) mass is 231 g/mol. The Morgan fingerprint density at radius 1 is 1.55 bits per heavy atom. The average Bonchev–Trinajstić information content (AvgIpc) is 1.85. The van der Waals surface area contributed by atoms with Gasteiger partial charge < -0.3 is 5.32 Å². The molecule has 0 fully saturated rings. The number of Topliss-reactive ketones (excluding diaryl/α,β-unsaturated/α-hetero) is 1. The second-order valence-electron chi connectivity index (χ2n) is 1.61. The van der Waals surface area contributed by atoms with Crippen LogP contribution in [-0.4, -0.2) is 19.0 Å². The second-order valence-corrected chi connectivity index (χ2v) is 2.46. The fraction of sp³-hybridized carbons (Fsp3) is 0.400. The van der Waals surface area contributed by atoms with Crippen LogP contribution in [0, 0.1) is 0 Å². The number of hydrogen-bond donors (Lipinski definition) is 1. The van der Waals surface area contributed by atoms with Crippen LogP contribution in [0.25, 0.3) is 0 Å². The largest absolute Gasteiger partial charge is 0.455 e. The summed E-state index contributed by atoms with van der Waals surface area (Å²) < 4.78 is 34.2. The van der Waals surface area contributed by atoms with Gasteiger partial charge in [0.05, 0.1) is 4.48 Å². The Labute approximate surface area is 69.6 Å². The number of halogens is 4. The van der Waals surface area contributed by atoms with E-state index in [9.17, 15) is 18.0 Å². The van der Waals surface area contributed by atoms with Crippen molar-refractivity contribution in [2.75, 3.05) is 7.05 Å². The van der Waals surface area contributed by atoms with Gasteiger partial charge >= 0.3 is 6.18 Å². The highest BCUT2D eigenvalue weighted by molar-refractivity contribution is 9.12. The van der Waals surface area contributed by atoms with Crippen LogP contribution in [0.5, 0.6) is 0 Å². The summed E-state index contributed by atoms with van der Waals surface area (Å²) in [5.41, 5.74) is 0. The van der Waals surface area contributed by atoms with Gasteiger partial charge in [-0.2, -0.15) is 13.2 Å². The molecule has 0 atom stereocenters. The molecule has 0 saturated carbocycles. The van der Waals surface area contributed by atoms with Gasteiger partial charge in [0.15, 0.2) is 0 Å². The van der Waals surface area contributed by atoms with Crippen LogP contribution < -0.4 is 5.32 Å². The van der Waals surface area contributed by atoms with Crippen LogP contribution in [0.15, 0.2) is 10.7 Å². The van der Waals surface area contributed by atoms with Crippen LogP contribution in [0.2, 0.25) is 0 Å². The SMILES string of the molecule is CN/C=C(\Br)C(=O)C(F)(F)F. The Bertz CT molecular complexity index is 187. The molecule has 0 radical (unpaired) electrons. The van der Waals surface area contributed by atoms with Crippen molar-refractivity contribution in [2.24, 2.45) is 0 Å². The van der Waals surface area contributed by atoms with E-state index in [-0.39, 0.29) is 0 Å². The van der Waals surface area contributed by atoms with Gasteiger partial charge in [-0.05, 0) is 15.9 Å². The van der Waals surface area contributed by atoms with Crippen molar-refractivity contribution >= 4 is 21.7 Å². The first-order chi connectivity index (χ1) is 4.89. The third kappa shape index (κ3) is 3.41. The van der Waals surface area contributed by atoms with Gasteiger partial charge in [0.2, 0.25) is 0 Å². The van der Waals surface area contributed by atoms with Crippen molar-refractivity contribution in [1.29, 1.82) is 0 Å². The third-order valence-electron chi connectivity index (χ3n) is 0.745. The molecular weight excluding hydrogens is 227 g/mol. The molecule has 6 heteroatoms. The molecule has 1 N–H and O–H groups in total. The molecule has 0 aliphatic carbocycles. The zero-order chi connectivity index (χ0) is 9.07. The van der Waals surface area contributed by atoms with Gasteiger partial charge in [0.1, 0.15) is 0 Å². The minimum Gasteiger partial charge on any atom is -0.393 e. The number of carbonyl (C=O) groups is 1. The summed E-state index contributed by atoms with van der Waals surface area (Å²) in [6.07, 6.45) is -3.89.